The third-order valence-electron chi connectivity index (χ3n) is 3.45. The summed E-state index contributed by atoms with van der Waals surface area (Å²) in [5, 5.41) is 26.5. The number of carbonyl (C=O) groups excluding carboxylic acids is 1. The van der Waals surface area contributed by atoms with Crippen LogP contribution in [0.3, 0.4) is 0 Å². The molecule has 0 aliphatic heterocycles. The highest BCUT2D eigenvalue weighted by Gasteiger charge is 2.39. The summed E-state index contributed by atoms with van der Waals surface area (Å²) in [6, 6.07) is 0. The average molecular weight is 304 g/mol. The van der Waals surface area contributed by atoms with Crippen molar-refractivity contribution in [3.63, 3.8) is 0 Å². The Morgan fingerprint density at radius 2 is 1.38 bits per heavy atom. The molecule has 8 nitrogen and oxygen atoms in total. The fourth-order valence-corrected chi connectivity index (χ4v) is 2.40. The van der Waals surface area contributed by atoms with Crippen LogP contribution in [0.15, 0.2) is 0 Å². The van der Waals surface area contributed by atoms with E-state index >= 15 is 0 Å². The molecule has 1 aliphatic carbocycles. The molecule has 0 heterocycles. The molecule has 21 heavy (non-hydrogen) atoms. The Morgan fingerprint density at radius 3 is 1.86 bits per heavy atom. The fraction of sp³-hybridized carbons (Fsp3) is 0.769. The van der Waals surface area contributed by atoms with Gasteiger partial charge in [-0.15, -0.1) is 0 Å². The van der Waals surface area contributed by atoms with Crippen molar-refractivity contribution in [1.82, 2.24) is 0 Å². The van der Waals surface area contributed by atoms with E-state index in [-0.39, 0.29) is 45.7 Å². The first-order chi connectivity index (χ1) is 9.95. The Bertz CT molecular complexity index is 358. The lowest BCUT2D eigenvalue weighted by atomic mass is 9.75. The Kier molecular flexibility index (Phi) is 7.10. The Morgan fingerprint density at radius 1 is 0.857 bits per heavy atom. The maximum atomic E-state index is 11.9. The van der Waals surface area contributed by atoms with Crippen molar-refractivity contribution in [3.05, 3.63) is 0 Å². The lowest BCUT2D eigenvalue weighted by molar-refractivity contribution is -0.157. The van der Waals surface area contributed by atoms with E-state index in [1.165, 1.54) is 0 Å². The van der Waals surface area contributed by atoms with E-state index in [2.05, 4.69) is 0 Å². The molecule has 3 N–H and O–H groups in total. The van der Waals surface area contributed by atoms with Crippen molar-refractivity contribution in [2.45, 2.75) is 19.3 Å². The van der Waals surface area contributed by atoms with Gasteiger partial charge in [-0.25, -0.2) is 0 Å². The average Bonchev–Trinajstić information content (AvgIpc) is 2.46. The van der Waals surface area contributed by atoms with Gasteiger partial charge in [-0.1, -0.05) is 0 Å². The number of hydrogen-bond acceptors (Lipinski definition) is 6. The normalized spacial score (nSPS) is 25.3. The largest absolute Gasteiger partial charge is 0.481 e. The topological polar surface area (TPSA) is 130 Å². The van der Waals surface area contributed by atoms with Crippen LogP contribution in [0, 0.1) is 17.8 Å². The number of aliphatic hydroxyl groups excluding tert-OH is 1. The third kappa shape index (κ3) is 5.68. The van der Waals surface area contributed by atoms with Crippen molar-refractivity contribution < 1.29 is 39.2 Å². The van der Waals surface area contributed by atoms with Crippen LogP contribution in [0.2, 0.25) is 0 Å². The van der Waals surface area contributed by atoms with E-state index in [4.69, 9.17) is 24.8 Å². The van der Waals surface area contributed by atoms with E-state index in [9.17, 15) is 14.4 Å². The van der Waals surface area contributed by atoms with E-state index in [0.29, 0.717) is 0 Å². The number of hydrogen-bond donors (Lipinski definition) is 3. The lowest BCUT2D eigenvalue weighted by Crippen LogP contribution is -2.36. The predicted molar refractivity (Wildman–Crippen MR) is 68.5 cm³/mol. The Labute approximate surface area is 121 Å². The summed E-state index contributed by atoms with van der Waals surface area (Å²) in [5.41, 5.74) is 0. The molecule has 0 radical (unpaired) electrons. The van der Waals surface area contributed by atoms with Gasteiger partial charge in [0.2, 0.25) is 0 Å². The van der Waals surface area contributed by atoms with Crippen molar-refractivity contribution in [2.24, 2.45) is 17.8 Å². The molecule has 8 heteroatoms. The highest BCUT2D eigenvalue weighted by Crippen LogP contribution is 2.34. The first-order valence-corrected chi connectivity index (χ1v) is 6.76. The van der Waals surface area contributed by atoms with Crippen LogP contribution in [0.4, 0.5) is 0 Å². The minimum absolute atomic E-state index is 0.00912. The number of esters is 1. The second kappa shape index (κ2) is 8.58. The van der Waals surface area contributed by atoms with Crippen LogP contribution in [0.5, 0.6) is 0 Å². The van der Waals surface area contributed by atoms with E-state index in [1.807, 2.05) is 0 Å². The van der Waals surface area contributed by atoms with Gasteiger partial charge in [-0.2, -0.15) is 0 Å². The van der Waals surface area contributed by atoms with Crippen molar-refractivity contribution in [3.8, 4) is 0 Å². The molecule has 1 rings (SSSR count). The number of carboxylic acids is 2. The van der Waals surface area contributed by atoms with Crippen molar-refractivity contribution >= 4 is 17.9 Å². The lowest BCUT2D eigenvalue weighted by Gasteiger charge is -2.29. The minimum atomic E-state index is -1.09. The van der Waals surface area contributed by atoms with Gasteiger partial charge in [0.25, 0.3) is 0 Å². The van der Waals surface area contributed by atoms with E-state index < -0.39 is 35.7 Å². The Hall–Kier alpha value is -1.67. The Balaban J connectivity index is 2.48. The number of carboxylic acid groups (broad SMARTS) is 2. The zero-order valence-electron chi connectivity index (χ0n) is 11.6. The van der Waals surface area contributed by atoms with E-state index in [0.717, 1.165) is 0 Å². The first-order valence-electron chi connectivity index (χ1n) is 6.76. The van der Waals surface area contributed by atoms with Crippen molar-refractivity contribution in [2.75, 3.05) is 26.4 Å². The molecule has 0 spiro atoms. The highest BCUT2D eigenvalue weighted by molar-refractivity contribution is 5.79. The van der Waals surface area contributed by atoms with Crippen LogP contribution in [0.1, 0.15) is 19.3 Å². The van der Waals surface area contributed by atoms with Crippen LogP contribution in [-0.4, -0.2) is 59.7 Å². The molecule has 2 unspecified atom stereocenters. The minimum Gasteiger partial charge on any atom is -0.481 e. The molecule has 0 aromatic heterocycles. The summed E-state index contributed by atoms with van der Waals surface area (Å²) in [7, 11) is 0. The number of carbonyl (C=O) groups is 3. The molecule has 120 valence electrons. The van der Waals surface area contributed by atoms with Crippen LogP contribution in [0.25, 0.3) is 0 Å². The highest BCUT2D eigenvalue weighted by atomic mass is 16.6. The first kappa shape index (κ1) is 17.4. The maximum Gasteiger partial charge on any atom is 0.309 e. The predicted octanol–water partition coefficient (Wildman–Crippen LogP) is -0.260. The summed E-state index contributed by atoms with van der Waals surface area (Å²) in [5.74, 6) is -5.19. The molecular formula is C13H20O8. The quantitative estimate of drug-likeness (QED) is 0.413. The third-order valence-corrected chi connectivity index (χ3v) is 3.45. The summed E-state index contributed by atoms with van der Waals surface area (Å²) >= 11 is 0. The van der Waals surface area contributed by atoms with Gasteiger partial charge < -0.3 is 24.8 Å². The molecule has 0 saturated heterocycles. The maximum absolute atomic E-state index is 11.9. The molecule has 0 amide bonds. The number of aliphatic hydroxyl groups is 1. The number of rotatable bonds is 8. The molecule has 0 bridgehead atoms. The molecule has 1 saturated carbocycles. The SMILES string of the molecule is O=C(O)C1CC(C(=O)O)CC(C(=O)OCCOCCO)C1. The van der Waals surface area contributed by atoms with Crippen molar-refractivity contribution in [1.29, 1.82) is 0 Å². The summed E-state index contributed by atoms with van der Waals surface area (Å²) in [6.45, 7) is 0.134. The van der Waals surface area contributed by atoms with Gasteiger partial charge in [-0.3, -0.25) is 14.4 Å². The molecule has 2 atom stereocenters. The van der Waals surface area contributed by atoms with Gasteiger partial charge in [0, 0.05) is 0 Å². The van der Waals surface area contributed by atoms with Gasteiger partial charge in [0.1, 0.15) is 6.61 Å². The standard InChI is InChI=1S/C13H20O8/c14-1-2-20-3-4-21-13(19)10-6-8(11(15)16)5-9(7-10)12(17)18/h8-10,14H,1-7H2,(H,15,16)(H,17,18). The van der Waals surface area contributed by atoms with Gasteiger partial charge in [0.05, 0.1) is 37.6 Å². The molecule has 0 aromatic rings. The fourth-order valence-electron chi connectivity index (χ4n) is 2.40. The van der Waals surface area contributed by atoms with Crippen LogP contribution < -0.4 is 0 Å². The summed E-state index contributed by atoms with van der Waals surface area (Å²) < 4.78 is 9.88. The second-order valence-electron chi connectivity index (χ2n) is 4.98. The van der Waals surface area contributed by atoms with Crippen LogP contribution in [-0.2, 0) is 23.9 Å². The molecular weight excluding hydrogens is 284 g/mol. The van der Waals surface area contributed by atoms with E-state index in [1.54, 1.807) is 0 Å². The monoisotopic (exact) mass is 304 g/mol. The molecule has 1 aliphatic rings. The zero-order chi connectivity index (χ0) is 15.8. The number of ether oxygens (including phenoxy) is 2. The van der Waals surface area contributed by atoms with Crippen LogP contribution >= 0.6 is 0 Å². The molecule has 0 aromatic carbocycles. The number of aliphatic carboxylic acids is 2. The second-order valence-corrected chi connectivity index (χ2v) is 4.98. The smallest absolute Gasteiger partial charge is 0.309 e. The molecule has 1 fully saturated rings. The van der Waals surface area contributed by atoms with Gasteiger partial charge in [-0.05, 0) is 19.3 Å². The van der Waals surface area contributed by atoms with Gasteiger partial charge in [0.15, 0.2) is 0 Å². The zero-order valence-corrected chi connectivity index (χ0v) is 11.6. The summed E-state index contributed by atoms with van der Waals surface area (Å²) in [6.07, 6.45) is 0.221. The summed E-state index contributed by atoms with van der Waals surface area (Å²) in [4.78, 5) is 33.9. The van der Waals surface area contributed by atoms with Gasteiger partial charge >= 0.3 is 17.9 Å².